The third kappa shape index (κ3) is 9.89. The first-order chi connectivity index (χ1) is 23.7. The molecule has 0 spiro atoms. The van der Waals surface area contributed by atoms with Crippen LogP contribution in [0.15, 0.2) is 33.5 Å². The summed E-state index contributed by atoms with van der Waals surface area (Å²) in [7, 11) is 0. The van der Waals surface area contributed by atoms with E-state index in [1.807, 2.05) is 13.8 Å². The number of carbonyl (C=O) groups excluding carboxylic acids is 6. The molecule has 16 nitrogen and oxygen atoms in total. The average Bonchev–Trinajstić information content (AvgIpc) is 3.75. The molecule has 6 amide bonds. The van der Waals surface area contributed by atoms with Crippen molar-refractivity contribution in [3.63, 3.8) is 0 Å². The number of anilines is 1. The maximum atomic E-state index is 13.3. The molecule has 0 unspecified atom stereocenters. The van der Waals surface area contributed by atoms with E-state index in [4.69, 9.17) is 9.52 Å². The minimum Gasteiger partial charge on any atom is -0.481 e. The first-order valence-corrected chi connectivity index (χ1v) is 16.7. The Kier molecular flexibility index (Phi) is 12.7. The van der Waals surface area contributed by atoms with Crippen molar-refractivity contribution in [2.24, 2.45) is 5.92 Å². The Morgan fingerprint density at radius 1 is 0.880 bits per heavy atom. The summed E-state index contributed by atoms with van der Waals surface area (Å²) in [5, 5.41) is 19.9. The van der Waals surface area contributed by atoms with E-state index in [-0.39, 0.29) is 31.7 Å². The van der Waals surface area contributed by atoms with Gasteiger partial charge in [-0.1, -0.05) is 13.8 Å². The maximum absolute atomic E-state index is 13.3. The van der Waals surface area contributed by atoms with Crippen LogP contribution >= 0.6 is 0 Å². The molecule has 2 fully saturated rings. The summed E-state index contributed by atoms with van der Waals surface area (Å²) in [6.45, 7) is 5.32. The lowest BCUT2D eigenvalue weighted by atomic mass is 10.0. The lowest BCUT2D eigenvalue weighted by Gasteiger charge is -2.27. The van der Waals surface area contributed by atoms with E-state index in [1.54, 1.807) is 25.1 Å². The summed E-state index contributed by atoms with van der Waals surface area (Å²) in [5.41, 5.74) is 0.959. The minimum atomic E-state index is -1.14. The normalized spacial score (nSPS) is 17.8. The predicted octanol–water partition coefficient (Wildman–Crippen LogP) is 0.650. The lowest BCUT2D eigenvalue weighted by Crippen LogP contribution is -2.55. The quantitative estimate of drug-likeness (QED) is 0.173. The van der Waals surface area contributed by atoms with Gasteiger partial charge in [-0.15, -0.1) is 0 Å². The maximum Gasteiger partial charge on any atom is 0.336 e. The molecule has 2 aliphatic rings. The molecule has 2 aliphatic heterocycles. The number of carboxylic acid groups (broad SMARTS) is 1. The van der Waals surface area contributed by atoms with Crippen LogP contribution in [0.5, 0.6) is 0 Å². The van der Waals surface area contributed by atoms with Crippen molar-refractivity contribution < 1.29 is 43.1 Å². The average molecular weight is 697 g/mol. The van der Waals surface area contributed by atoms with Crippen molar-refractivity contribution in [3.8, 4) is 0 Å². The molecule has 0 saturated carbocycles. The van der Waals surface area contributed by atoms with Crippen molar-refractivity contribution in [2.45, 2.75) is 83.8 Å². The molecule has 2 saturated heterocycles. The topological polar surface area (TPSA) is 225 Å². The highest BCUT2D eigenvalue weighted by Crippen LogP contribution is 2.23. The molecule has 5 N–H and O–H groups in total. The molecule has 1 aromatic carbocycles. The summed E-state index contributed by atoms with van der Waals surface area (Å²) in [6.07, 6.45) is 1.49. The third-order valence-corrected chi connectivity index (χ3v) is 8.73. The van der Waals surface area contributed by atoms with Crippen molar-refractivity contribution in [3.05, 3.63) is 40.2 Å². The highest BCUT2D eigenvalue weighted by atomic mass is 16.4. The minimum absolute atomic E-state index is 0.0113. The second-order valence-electron chi connectivity index (χ2n) is 13.0. The number of carboxylic acids is 1. The van der Waals surface area contributed by atoms with Crippen LogP contribution in [-0.2, 0) is 33.6 Å². The Hall–Kier alpha value is -5.28. The second-order valence-corrected chi connectivity index (χ2v) is 13.0. The highest BCUT2D eigenvalue weighted by molar-refractivity contribution is 6.00. The van der Waals surface area contributed by atoms with Crippen molar-refractivity contribution in [1.82, 2.24) is 25.8 Å². The van der Waals surface area contributed by atoms with Crippen molar-refractivity contribution >= 4 is 58.1 Å². The van der Waals surface area contributed by atoms with Gasteiger partial charge in [-0.05, 0) is 62.6 Å². The van der Waals surface area contributed by atoms with Crippen LogP contribution in [0.2, 0.25) is 0 Å². The number of aryl methyl sites for hydroxylation is 1. The number of nitrogens with zero attached hydrogens (tertiary/aromatic N) is 2. The first-order valence-electron chi connectivity index (χ1n) is 16.7. The van der Waals surface area contributed by atoms with E-state index in [1.165, 1.54) is 15.9 Å². The monoisotopic (exact) mass is 696 g/mol. The van der Waals surface area contributed by atoms with Crippen LogP contribution in [0.4, 0.5) is 5.69 Å². The number of fused-ring (bicyclic) bond motifs is 1. The van der Waals surface area contributed by atoms with E-state index in [2.05, 4.69) is 21.3 Å². The van der Waals surface area contributed by atoms with Gasteiger partial charge in [0.1, 0.15) is 23.7 Å². The Labute approximate surface area is 288 Å². The van der Waals surface area contributed by atoms with Crippen molar-refractivity contribution in [2.75, 3.05) is 31.5 Å². The molecule has 4 rings (SSSR count). The Balaban J connectivity index is 1.32. The number of hydrogen-bond acceptors (Lipinski definition) is 9. The molecule has 0 aliphatic carbocycles. The molecule has 0 radical (unpaired) electrons. The Morgan fingerprint density at radius 3 is 2.12 bits per heavy atom. The van der Waals surface area contributed by atoms with Crippen LogP contribution in [0.3, 0.4) is 0 Å². The number of benzene rings is 1. The number of hydrogen-bond donors (Lipinski definition) is 5. The molecule has 16 heteroatoms. The van der Waals surface area contributed by atoms with E-state index >= 15 is 0 Å². The largest absolute Gasteiger partial charge is 0.481 e. The van der Waals surface area contributed by atoms with Gasteiger partial charge in [-0.25, -0.2) is 4.79 Å². The number of aliphatic carboxylic acids is 1. The Morgan fingerprint density at radius 2 is 1.50 bits per heavy atom. The molecular formula is C34H44N6O10. The van der Waals surface area contributed by atoms with Crippen LogP contribution < -0.4 is 26.9 Å². The fourth-order valence-corrected chi connectivity index (χ4v) is 6.25. The van der Waals surface area contributed by atoms with Gasteiger partial charge in [0.15, 0.2) is 0 Å². The van der Waals surface area contributed by atoms with Crippen LogP contribution in [-0.4, -0.2) is 101 Å². The van der Waals surface area contributed by atoms with Crippen LogP contribution in [0.25, 0.3) is 11.0 Å². The lowest BCUT2D eigenvalue weighted by molar-refractivity contribution is -0.140. The van der Waals surface area contributed by atoms with Crippen LogP contribution in [0, 0.1) is 12.8 Å². The number of rotatable bonds is 14. The van der Waals surface area contributed by atoms with Gasteiger partial charge < -0.3 is 40.6 Å². The number of amides is 6. The van der Waals surface area contributed by atoms with E-state index < -0.39 is 78.3 Å². The molecule has 2 aromatic rings. The predicted molar refractivity (Wildman–Crippen MR) is 180 cm³/mol. The number of likely N-dealkylation sites (tertiary alicyclic amines) is 2. The summed E-state index contributed by atoms with van der Waals surface area (Å²) in [4.78, 5) is 103. The first kappa shape index (κ1) is 37.5. The molecule has 270 valence electrons. The molecule has 1 aromatic heterocycles. The van der Waals surface area contributed by atoms with Crippen LogP contribution in [0.1, 0.15) is 64.4 Å². The smallest absolute Gasteiger partial charge is 0.336 e. The molecule has 0 bridgehead atoms. The molecule has 3 atom stereocenters. The number of nitrogens with one attached hydrogen (secondary N) is 4. The second kappa shape index (κ2) is 16.9. The summed E-state index contributed by atoms with van der Waals surface area (Å²) >= 11 is 0. The summed E-state index contributed by atoms with van der Waals surface area (Å²) in [5.74, 6) is -4.27. The zero-order valence-corrected chi connectivity index (χ0v) is 28.4. The Bertz CT molecular complexity index is 1700. The third-order valence-electron chi connectivity index (χ3n) is 8.73. The van der Waals surface area contributed by atoms with E-state index in [9.17, 15) is 38.4 Å². The zero-order chi connectivity index (χ0) is 36.5. The molecular weight excluding hydrogens is 652 g/mol. The SMILES string of the molecule is Cc1cc(=O)oc2cc(NC(=O)[C@@H]3CCCN3C(=O)CNC(=O)[C@H](CC(C)C)NC(=O)[C@H]3CCCN3C(=O)CNC(=O)CCC(=O)O)ccc12. The van der Waals surface area contributed by atoms with Gasteiger partial charge in [0.05, 0.1) is 19.5 Å². The summed E-state index contributed by atoms with van der Waals surface area (Å²) < 4.78 is 5.26. The zero-order valence-electron chi connectivity index (χ0n) is 28.4. The molecule has 50 heavy (non-hydrogen) atoms. The van der Waals surface area contributed by atoms with Crippen molar-refractivity contribution in [1.29, 1.82) is 0 Å². The van der Waals surface area contributed by atoms with Gasteiger partial charge in [-0.3, -0.25) is 33.6 Å². The van der Waals surface area contributed by atoms with Gasteiger partial charge >= 0.3 is 11.6 Å². The molecule has 3 heterocycles. The fraction of sp³-hybridized carbons (Fsp3) is 0.529. The van der Waals surface area contributed by atoms with Gasteiger partial charge in [0.25, 0.3) is 0 Å². The van der Waals surface area contributed by atoms with E-state index in [0.717, 1.165) is 10.9 Å². The van der Waals surface area contributed by atoms with Gasteiger partial charge in [0.2, 0.25) is 35.4 Å². The van der Waals surface area contributed by atoms with E-state index in [0.29, 0.717) is 43.5 Å². The number of carbonyl (C=O) groups is 7. The fourth-order valence-electron chi connectivity index (χ4n) is 6.25. The summed E-state index contributed by atoms with van der Waals surface area (Å²) in [6, 6.07) is 3.70. The van der Waals surface area contributed by atoms with Gasteiger partial charge in [-0.2, -0.15) is 0 Å². The standard InChI is InChI=1S/C34H44N6O10/c1-19(2)14-23(38-34(49)25-7-5-13-40(25)28(42)17-35-27(41)10-11-30(44)45)32(47)36-18-29(43)39-12-4-6-24(39)33(48)37-21-8-9-22-20(3)15-31(46)50-26(22)16-21/h8-9,15-16,19,23-25H,4-7,10-14,17-18H2,1-3H3,(H,35,41)(H,36,47)(H,37,48)(H,38,49)(H,44,45)/t23-,24-,25+/m0/s1. The highest BCUT2D eigenvalue weighted by Gasteiger charge is 2.37. The van der Waals surface area contributed by atoms with Gasteiger partial charge in [0, 0.05) is 42.7 Å².